The molecular weight excluding hydrogens is 598 g/mol. The van der Waals surface area contributed by atoms with Crippen molar-refractivity contribution < 1.29 is 33.3 Å². The zero-order chi connectivity index (χ0) is 32.7. The molecule has 0 saturated carbocycles. The maximum Gasteiger partial charge on any atom is 0.343 e. The van der Waals surface area contributed by atoms with E-state index in [2.05, 4.69) is 28.5 Å². The number of esters is 2. The summed E-state index contributed by atoms with van der Waals surface area (Å²) in [7, 11) is 2.88. The average molecular weight is 638 g/mol. The maximum absolute atomic E-state index is 14.1. The monoisotopic (exact) mass is 637 g/mol. The van der Waals surface area contributed by atoms with Crippen LogP contribution in [0.1, 0.15) is 51.8 Å². The second-order valence-electron chi connectivity index (χ2n) is 9.90. The summed E-state index contributed by atoms with van der Waals surface area (Å²) in [5.41, 5.74) is 2.70. The van der Waals surface area contributed by atoms with Gasteiger partial charge >= 0.3 is 11.9 Å². The number of ether oxygens (including phenoxy) is 5. The molecule has 2 heterocycles. The zero-order valence-electron chi connectivity index (χ0n) is 26.7. The molecule has 0 saturated heterocycles. The van der Waals surface area contributed by atoms with Crippen molar-refractivity contribution in [1.29, 1.82) is 0 Å². The van der Waals surface area contributed by atoms with Crippen LogP contribution in [0.3, 0.4) is 0 Å². The van der Waals surface area contributed by atoms with Crippen LogP contribution in [0, 0.1) is 0 Å². The van der Waals surface area contributed by atoms with Gasteiger partial charge in [-0.15, -0.1) is 0 Å². The number of nitrogens with zero attached hydrogens (tertiary/aromatic N) is 3. The van der Waals surface area contributed by atoms with Crippen LogP contribution in [0.15, 0.2) is 57.5 Å². The van der Waals surface area contributed by atoms with Crippen LogP contribution in [0.2, 0.25) is 0 Å². The minimum absolute atomic E-state index is 0.153. The number of thiazole rings is 1. The highest BCUT2D eigenvalue weighted by atomic mass is 32.1. The third kappa shape index (κ3) is 7.06. The molecule has 45 heavy (non-hydrogen) atoms. The lowest BCUT2D eigenvalue weighted by molar-refractivity contribution is -0.143. The summed E-state index contributed by atoms with van der Waals surface area (Å²) in [5.74, 6) is 0.176. The number of anilines is 1. The van der Waals surface area contributed by atoms with Gasteiger partial charge in [0.2, 0.25) is 0 Å². The summed E-state index contributed by atoms with van der Waals surface area (Å²) in [6, 6.07) is 10.1. The number of methoxy groups -OCH3 is 2. The third-order valence-electron chi connectivity index (χ3n) is 7.31. The van der Waals surface area contributed by atoms with Crippen molar-refractivity contribution in [3.8, 4) is 17.2 Å². The molecule has 12 heteroatoms. The molecule has 240 valence electrons. The first-order valence-electron chi connectivity index (χ1n) is 14.8. The van der Waals surface area contributed by atoms with Gasteiger partial charge in [0.25, 0.3) is 5.56 Å². The van der Waals surface area contributed by atoms with Gasteiger partial charge < -0.3 is 28.6 Å². The molecule has 0 amide bonds. The topological polar surface area (TPSA) is 118 Å². The molecule has 4 rings (SSSR count). The SMILES string of the molecule is CCOC(=O)C1=C(C)N=c2s/c(=C\c3ccc(N(CC)CC)cc3OC)c(=O)n2[C@H]1c1ccc(OCC(=O)OC)c(OCC)c1. The van der Waals surface area contributed by atoms with Gasteiger partial charge in [-0.2, -0.15) is 0 Å². The number of fused-ring (bicyclic) bond motifs is 1. The summed E-state index contributed by atoms with van der Waals surface area (Å²) in [5, 5.41) is 0. The van der Waals surface area contributed by atoms with Crippen LogP contribution in [0.5, 0.6) is 17.2 Å². The summed E-state index contributed by atoms with van der Waals surface area (Å²) in [6.45, 7) is 11.3. The Kier molecular flexibility index (Phi) is 11.1. The fraction of sp³-hybridized carbons (Fsp3) is 0.394. The molecule has 11 nitrogen and oxygen atoms in total. The number of carbonyl (C=O) groups is 2. The van der Waals surface area contributed by atoms with Crippen LogP contribution >= 0.6 is 11.3 Å². The van der Waals surface area contributed by atoms with Crippen molar-refractivity contribution in [3.63, 3.8) is 0 Å². The lowest BCUT2D eigenvalue weighted by Gasteiger charge is -2.25. The fourth-order valence-electron chi connectivity index (χ4n) is 5.13. The first kappa shape index (κ1) is 33.3. The molecule has 0 fully saturated rings. The smallest absolute Gasteiger partial charge is 0.343 e. The van der Waals surface area contributed by atoms with Crippen LogP contribution in [-0.2, 0) is 19.1 Å². The van der Waals surface area contributed by atoms with Crippen LogP contribution < -0.4 is 34.0 Å². The molecular formula is C33H39N3O8S. The molecule has 0 spiro atoms. The van der Waals surface area contributed by atoms with E-state index in [9.17, 15) is 14.4 Å². The largest absolute Gasteiger partial charge is 0.496 e. The van der Waals surface area contributed by atoms with Gasteiger partial charge in [0, 0.05) is 30.4 Å². The molecule has 1 aliphatic rings. The van der Waals surface area contributed by atoms with E-state index in [1.54, 1.807) is 45.2 Å². The Morgan fingerprint density at radius 1 is 0.978 bits per heavy atom. The summed E-state index contributed by atoms with van der Waals surface area (Å²) >= 11 is 1.22. The van der Waals surface area contributed by atoms with Gasteiger partial charge in [-0.1, -0.05) is 17.4 Å². The molecule has 1 atom stereocenters. The van der Waals surface area contributed by atoms with Crippen molar-refractivity contribution in [2.75, 3.05) is 52.0 Å². The summed E-state index contributed by atoms with van der Waals surface area (Å²) in [6.07, 6.45) is 1.78. The predicted octanol–water partition coefficient (Wildman–Crippen LogP) is 3.60. The van der Waals surface area contributed by atoms with Gasteiger partial charge in [0.15, 0.2) is 22.9 Å². The highest BCUT2D eigenvalue weighted by molar-refractivity contribution is 7.07. The maximum atomic E-state index is 14.1. The van der Waals surface area contributed by atoms with Crippen molar-refractivity contribution >= 4 is 35.0 Å². The number of allylic oxidation sites excluding steroid dienone is 1. The van der Waals surface area contributed by atoms with E-state index >= 15 is 0 Å². The number of rotatable bonds is 13. The first-order valence-corrected chi connectivity index (χ1v) is 15.6. The second kappa shape index (κ2) is 14.9. The second-order valence-corrected chi connectivity index (χ2v) is 10.9. The third-order valence-corrected chi connectivity index (χ3v) is 8.29. The Bertz CT molecular complexity index is 1770. The van der Waals surface area contributed by atoms with Gasteiger partial charge in [-0.05, 0) is 70.5 Å². The molecule has 0 aliphatic carbocycles. The van der Waals surface area contributed by atoms with Crippen molar-refractivity contribution in [1.82, 2.24) is 4.57 Å². The van der Waals surface area contributed by atoms with Crippen LogP contribution in [0.4, 0.5) is 5.69 Å². The number of hydrogen-bond donors (Lipinski definition) is 0. The van der Waals surface area contributed by atoms with E-state index in [1.165, 1.54) is 23.0 Å². The van der Waals surface area contributed by atoms with E-state index < -0.39 is 18.0 Å². The standard InChI is InChI=1S/C33H39N3O8S/c1-8-35(9-2)23-14-12-21(25(18-23)40-6)17-27-31(38)36-30(29(32(39)43-11-4)20(5)34-33(36)45-27)22-13-15-24(26(16-22)42-10-3)44-19-28(37)41-7/h12-18,30H,8-11,19H2,1-7H3/b27-17-/t30-/m0/s1. The van der Waals surface area contributed by atoms with Crippen molar-refractivity contribution in [2.24, 2.45) is 4.99 Å². The zero-order valence-corrected chi connectivity index (χ0v) is 27.5. The lowest BCUT2D eigenvalue weighted by atomic mass is 9.95. The first-order chi connectivity index (χ1) is 21.7. The summed E-state index contributed by atoms with van der Waals surface area (Å²) in [4.78, 5) is 46.5. The quantitative estimate of drug-likeness (QED) is 0.259. The molecule has 0 bridgehead atoms. The number of carbonyl (C=O) groups excluding carboxylic acids is 2. The minimum Gasteiger partial charge on any atom is -0.496 e. The molecule has 0 N–H and O–H groups in total. The summed E-state index contributed by atoms with van der Waals surface area (Å²) < 4.78 is 29.2. The van der Waals surface area contributed by atoms with Crippen molar-refractivity contribution in [3.05, 3.63) is 78.5 Å². The van der Waals surface area contributed by atoms with Gasteiger partial charge in [-0.3, -0.25) is 9.36 Å². The minimum atomic E-state index is -0.858. The number of aromatic nitrogens is 1. The predicted molar refractivity (Wildman–Crippen MR) is 172 cm³/mol. The number of hydrogen-bond acceptors (Lipinski definition) is 11. The van der Waals surface area contributed by atoms with Gasteiger partial charge in [0.1, 0.15) is 5.75 Å². The lowest BCUT2D eigenvalue weighted by Crippen LogP contribution is -2.40. The van der Waals surface area contributed by atoms with Crippen LogP contribution in [0.25, 0.3) is 6.08 Å². The Balaban J connectivity index is 1.89. The fourth-order valence-corrected chi connectivity index (χ4v) is 6.17. The number of benzene rings is 2. The molecule has 0 unspecified atom stereocenters. The van der Waals surface area contributed by atoms with E-state index in [0.717, 1.165) is 24.3 Å². The molecule has 1 aliphatic heterocycles. The Labute approximate surface area is 266 Å². The van der Waals surface area contributed by atoms with Crippen LogP contribution in [-0.4, -0.2) is 63.6 Å². The highest BCUT2D eigenvalue weighted by Crippen LogP contribution is 2.36. The normalized spacial score (nSPS) is 14.4. The van der Waals surface area contributed by atoms with Crippen molar-refractivity contribution in [2.45, 2.75) is 40.7 Å². The van der Waals surface area contributed by atoms with Gasteiger partial charge in [-0.25, -0.2) is 14.6 Å². The highest BCUT2D eigenvalue weighted by Gasteiger charge is 2.34. The van der Waals surface area contributed by atoms with Gasteiger partial charge in [0.05, 0.1) is 49.3 Å². The Morgan fingerprint density at radius 3 is 2.38 bits per heavy atom. The van der Waals surface area contributed by atoms with E-state index in [0.29, 0.717) is 44.4 Å². The van der Waals surface area contributed by atoms with E-state index in [4.69, 9.17) is 18.9 Å². The Hall–Kier alpha value is -4.58. The molecule has 1 aromatic heterocycles. The van der Waals surface area contributed by atoms with E-state index in [1.807, 2.05) is 25.1 Å². The molecule has 2 aromatic carbocycles. The molecule has 0 radical (unpaired) electrons. The molecule has 3 aromatic rings. The Morgan fingerprint density at radius 2 is 1.73 bits per heavy atom. The van der Waals surface area contributed by atoms with E-state index in [-0.39, 0.29) is 24.3 Å². The average Bonchev–Trinajstić information content (AvgIpc) is 3.34.